The van der Waals surface area contributed by atoms with Crippen LogP contribution in [0, 0.1) is 0 Å². The number of esters is 2. The summed E-state index contributed by atoms with van der Waals surface area (Å²) in [5.41, 5.74) is 2.30. The molecule has 6 rings (SSSR count). The fraction of sp³-hybridized carbons (Fsp3) is 0.405. The fourth-order valence-corrected chi connectivity index (χ4v) is 6.18. The maximum absolute atomic E-state index is 13.9. The number of ether oxygens (including phenoxy) is 3. The number of rotatable bonds is 13. The van der Waals surface area contributed by atoms with Crippen molar-refractivity contribution in [3.05, 3.63) is 73.1 Å². The molecule has 0 spiro atoms. The summed E-state index contributed by atoms with van der Waals surface area (Å²) in [6.45, 7) is 8.62. The second kappa shape index (κ2) is 14.6. The molecule has 5 aromatic rings. The molecule has 0 amide bonds. The van der Waals surface area contributed by atoms with Gasteiger partial charge in [-0.05, 0) is 92.9 Å². The predicted molar refractivity (Wildman–Crippen MR) is 185 cm³/mol. The van der Waals surface area contributed by atoms with Crippen LogP contribution in [0.5, 0.6) is 11.5 Å². The molecule has 12 heteroatoms. The molecule has 1 unspecified atom stereocenters. The van der Waals surface area contributed by atoms with Crippen LogP contribution in [0.25, 0.3) is 33.5 Å². The van der Waals surface area contributed by atoms with Gasteiger partial charge in [0.1, 0.15) is 23.1 Å². The van der Waals surface area contributed by atoms with Crippen molar-refractivity contribution in [2.75, 3.05) is 6.54 Å². The maximum Gasteiger partial charge on any atom is 0.374 e. The number of imidazole rings is 1. The van der Waals surface area contributed by atoms with Crippen molar-refractivity contribution in [2.24, 2.45) is 0 Å². The molecule has 1 saturated heterocycles. The first-order chi connectivity index (χ1) is 23.7. The summed E-state index contributed by atoms with van der Waals surface area (Å²) in [4.78, 5) is 32.4. The van der Waals surface area contributed by atoms with Gasteiger partial charge in [0, 0.05) is 12.0 Å². The molecule has 0 bridgehead atoms. The van der Waals surface area contributed by atoms with Crippen molar-refractivity contribution in [3.8, 4) is 34.0 Å². The van der Waals surface area contributed by atoms with Gasteiger partial charge in [-0.1, -0.05) is 62.9 Å². The Hall–Kier alpha value is -5.10. The second-order valence-corrected chi connectivity index (χ2v) is 13.4. The van der Waals surface area contributed by atoms with E-state index in [1.165, 1.54) is 0 Å². The number of carbonyl (C=O) groups is 2. The number of unbranched alkanes of at least 4 members (excludes halogenated alkanes) is 3. The van der Waals surface area contributed by atoms with Crippen LogP contribution < -0.4 is 14.8 Å². The van der Waals surface area contributed by atoms with Crippen molar-refractivity contribution >= 4 is 23.0 Å². The van der Waals surface area contributed by atoms with Crippen LogP contribution in [-0.2, 0) is 14.3 Å². The van der Waals surface area contributed by atoms with Gasteiger partial charge in [-0.25, -0.2) is 14.6 Å². The molecule has 12 nitrogen and oxygen atoms in total. The van der Waals surface area contributed by atoms with Crippen LogP contribution in [0.2, 0.25) is 0 Å². The molecule has 2 N–H and O–H groups in total. The summed E-state index contributed by atoms with van der Waals surface area (Å²) in [5.74, 6) is 0.249. The molecule has 0 aliphatic carbocycles. The molecule has 1 fully saturated rings. The van der Waals surface area contributed by atoms with Gasteiger partial charge in [0.2, 0.25) is 5.82 Å². The largest absolute Gasteiger partial charge is 0.488 e. The van der Waals surface area contributed by atoms with E-state index in [2.05, 4.69) is 37.8 Å². The molecule has 0 saturated carbocycles. The molecule has 2 atom stereocenters. The van der Waals surface area contributed by atoms with Gasteiger partial charge < -0.3 is 18.8 Å². The van der Waals surface area contributed by atoms with E-state index >= 15 is 0 Å². The normalized spacial score (nSPS) is 16.8. The Morgan fingerprint density at radius 2 is 1.76 bits per heavy atom. The van der Waals surface area contributed by atoms with Gasteiger partial charge in [0.05, 0.1) is 17.4 Å². The lowest BCUT2D eigenvalue weighted by atomic mass is 9.99. The predicted octanol–water partition coefficient (Wildman–Crippen LogP) is 6.80. The summed E-state index contributed by atoms with van der Waals surface area (Å²) < 4.78 is 19.6. The Kier molecular flexibility index (Phi) is 10.0. The van der Waals surface area contributed by atoms with E-state index in [1.807, 2.05) is 67.8 Å². The second-order valence-electron chi connectivity index (χ2n) is 13.4. The lowest BCUT2D eigenvalue weighted by Crippen LogP contribution is -2.54. The fourth-order valence-electron chi connectivity index (χ4n) is 6.18. The standard InChI is InChI=1S/C37H43N7O5/c1-5-6-7-8-14-32(34(45)47-35(46)37(21-11-22-39-37)49-27-18-16-26(17-19-27)48-36(2,3)4)44-24-38-30-23-25(15-20-31(30)44)28-12-9-10-13-29(28)33-40-42-43-41-33/h9-10,12-13,15-20,23-24,32,39H,5-8,11,14,21-22H2,1-4H3,(H,40,41,42,43)/t32?,37-/m1/s1. The average molecular weight is 666 g/mol. The van der Waals surface area contributed by atoms with E-state index in [0.717, 1.165) is 47.9 Å². The number of fused-ring (bicyclic) bond motifs is 1. The van der Waals surface area contributed by atoms with Crippen LogP contribution >= 0.6 is 0 Å². The number of hydrogen-bond acceptors (Lipinski definition) is 10. The van der Waals surface area contributed by atoms with E-state index in [-0.39, 0.29) is 5.60 Å². The highest BCUT2D eigenvalue weighted by molar-refractivity contribution is 5.93. The zero-order valence-corrected chi connectivity index (χ0v) is 28.4. The number of nitrogens with one attached hydrogen (secondary N) is 2. The number of H-pyrrole nitrogens is 1. The van der Waals surface area contributed by atoms with Gasteiger partial charge in [0.25, 0.3) is 5.72 Å². The van der Waals surface area contributed by atoms with Crippen LogP contribution in [0.3, 0.4) is 0 Å². The number of aromatic amines is 1. The molecule has 0 radical (unpaired) electrons. The Morgan fingerprint density at radius 1 is 0.980 bits per heavy atom. The van der Waals surface area contributed by atoms with E-state index in [4.69, 9.17) is 14.2 Å². The first kappa shape index (κ1) is 33.8. The smallest absolute Gasteiger partial charge is 0.374 e. The van der Waals surface area contributed by atoms with E-state index < -0.39 is 23.7 Å². The monoisotopic (exact) mass is 665 g/mol. The Labute approximate surface area is 285 Å². The first-order valence-electron chi connectivity index (χ1n) is 16.9. The highest BCUT2D eigenvalue weighted by Crippen LogP contribution is 2.34. The number of aromatic nitrogens is 6. The van der Waals surface area contributed by atoms with Crippen LogP contribution in [0.15, 0.2) is 73.1 Å². The molecular formula is C37H43N7O5. The highest BCUT2D eigenvalue weighted by Gasteiger charge is 2.47. The van der Waals surface area contributed by atoms with Crippen molar-refractivity contribution in [3.63, 3.8) is 0 Å². The van der Waals surface area contributed by atoms with Crippen molar-refractivity contribution in [1.82, 2.24) is 35.5 Å². The third-order valence-electron chi connectivity index (χ3n) is 8.52. The van der Waals surface area contributed by atoms with Crippen LogP contribution in [-0.4, -0.2) is 60.0 Å². The van der Waals surface area contributed by atoms with Gasteiger partial charge in [0.15, 0.2) is 0 Å². The topological polar surface area (TPSA) is 146 Å². The average Bonchev–Trinajstić information content (AvgIpc) is 3.87. The highest BCUT2D eigenvalue weighted by atomic mass is 16.6. The summed E-state index contributed by atoms with van der Waals surface area (Å²) in [6, 6.07) is 20.0. The van der Waals surface area contributed by atoms with E-state index in [1.54, 1.807) is 30.6 Å². The van der Waals surface area contributed by atoms with Crippen LogP contribution in [0.4, 0.5) is 0 Å². The summed E-state index contributed by atoms with van der Waals surface area (Å²) in [5, 5.41) is 17.7. The summed E-state index contributed by atoms with van der Waals surface area (Å²) in [6.07, 6.45) is 7.07. The van der Waals surface area contributed by atoms with Gasteiger partial charge in [-0.15, -0.1) is 10.2 Å². The minimum atomic E-state index is -1.48. The summed E-state index contributed by atoms with van der Waals surface area (Å²) in [7, 11) is 0. The molecule has 3 heterocycles. The lowest BCUT2D eigenvalue weighted by Gasteiger charge is -2.29. The number of tetrazole rings is 1. The van der Waals surface area contributed by atoms with Crippen molar-refractivity contribution in [2.45, 2.75) is 90.0 Å². The Bertz CT molecular complexity index is 1870. The van der Waals surface area contributed by atoms with Gasteiger partial charge in [-0.3, -0.25) is 5.32 Å². The number of nitrogens with zero attached hydrogens (tertiary/aromatic N) is 5. The quantitative estimate of drug-likeness (QED) is 0.0782. The molecule has 3 aromatic carbocycles. The SMILES string of the molecule is CCCCCCC(C(=O)OC(=O)[C@]1(Oc2ccc(OC(C)(C)C)cc2)CCCN1)n1cnc2cc(-c3ccccc3-c3nn[nH]n3)ccc21. The zero-order chi connectivity index (χ0) is 34.4. The first-order valence-corrected chi connectivity index (χ1v) is 16.9. The molecule has 256 valence electrons. The van der Waals surface area contributed by atoms with Gasteiger partial charge >= 0.3 is 11.9 Å². The molecular weight excluding hydrogens is 622 g/mol. The van der Waals surface area contributed by atoms with Gasteiger partial charge in [-0.2, -0.15) is 5.21 Å². The molecule has 1 aliphatic heterocycles. The Morgan fingerprint density at radius 3 is 2.45 bits per heavy atom. The number of benzene rings is 3. The Balaban J connectivity index is 1.24. The molecule has 1 aliphatic rings. The zero-order valence-electron chi connectivity index (χ0n) is 28.4. The molecule has 49 heavy (non-hydrogen) atoms. The van der Waals surface area contributed by atoms with Crippen molar-refractivity contribution < 1.29 is 23.8 Å². The van der Waals surface area contributed by atoms with E-state index in [9.17, 15) is 9.59 Å². The van der Waals surface area contributed by atoms with Crippen LogP contribution in [0.1, 0.15) is 78.7 Å². The molecule has 2 aromatic heterocycles. The maximum atomic E-state index is 13.9. The minimum Gasteiger partial charge on any atom is -0.488 e. The summed E-state index contributed by atoms with van der Waals surface area (Å²) >= 11 is 0. The number of hydrogen-bond donors (Lipinski definition) is 2. The number of carbonyl (C=O) groups excluding carboxylic acids is 2. The third kappa shape index (κ3) is 7.80. The third-order valence-corrected chi connectivity index (χ3v) is 8.52. The van der Waals surface area contributed by atoms with E-state index in [0.29, 0.717) is 48.6 Å². The lowest BCUT2D eigenvalue weighted by molar-refractivity contribution is -0.175. The minimum absolute atomic E-state index is 0.349. The van der Waals surface area contributed by atoms with Crippen molar-refractivity contribution in [1.29, 1.82) is 0 Å².